The Kier molecular flexibility index (Phi) is 68.4. The van der Waals surface area contributed by atoms with Crippen LogP contribution in [0.2, 0.25) is 0 Å². The van der Waals surface area contributed by atoms with Crippen LogP contribution in [0.5, 0.6) is 0 Å². The molecule has 0 saturated heterocycles. The van der Waals surface area contributed by atoms with E-state index >= 15 is 0 Å². The van der Waals surface area contributed by atoms with E-state index in [1.165, 1.54) is 0 Å². The van der Waals surface area contributed by atoms with Crippen molar-refractivity contribution in [3.63, 3.8) is 0 Å². The van der Waals surface area contributed by atoms with Crippen molar-refractivity contribution in [2.45, 2.75) is 0 Å². The molecule has 0 amide bonds. The van der Waals surface area contributed by atoms with Gasteiger partial charge in [-0.05, 0) is 0 Å². The van der Waals surface area contributed by atoms with Crippen molar-refractivity contribution in [3.8, 4) is 0 Å². The van der Waals surface area contributed by atoms with Crippen molar-refractivity contribution < 1.29 is 50.7 Å². The standard InChI is InChI=1S/2O.Pt.Zr. The molecule has 0 aromatic heterocycles. The molecular weight excluding hydrogens is 318 g/mol. The van der Waals surface area contributed by atoms with E-state index in [0.717, 1.165) is 19.8 Å². The van der Waals surface area contributed by atoms with Gasteiger partial charge in [0.05, 0.1) is 0 Å². The topological polar surface area (TPSA) is 34.1 Å². The van der Waals surface area contributed by atoms with Gasteiger partial charge < -0.3 is 0 Å². The summed E-state index contributed by atoms with van der Waals surface area (Å²) in [5.41, 5.74) is 0. The molecule has 0 rings (SSSR count). The molecule has 4 heavy (non-hydrogen) atoms. The van der Waals surface area contributed by atoms with Gasteiger partial charge >= 0.3 is 50.7 Å². The van der Waals surface area contributed by atoms with Crippen molar-refractivity contribution in [2.24, 2.45) is 0 Å². The first-order valence-corrected chi connectivity index (χ1v) is 2.26. The first kappa shape index (κ1) is 8.95. The first-order chi connectivity index (χ1) is 2.00. The Morgan fingerprint density at radius 3 is 1.25 bits per heavy atom. The molecule has 0 aliphatic rings. The van der Waals surface area contributed by atoms with Crippen molar-refractivity contribution >= 4 is 0 Å². The summed E-state index contributed by atoms with van der Waals surface area (Å²) in [7, 11) is 0. The van der Waals surface area contributed by atoms with Crippen molar-refractivity contribution in [3.05, 3.63) is 0 Å². The average Bonchev–Trinajstić information content (AvgIpc) is 1.50. The molecule has 0 atom stereocenters. The van der Waals surface area contributed by atoms with Crippen LogP contribution in [0.1, 0.15) is 0 Å². The van der Waals surface area contributed by atoms with E-state index in [0.29, 0.717) is 24.7 Å². The van der Waals surface area contributed by atoms with E-state index in [4.69, 9.17) is 6.21 Å². The second kappa shape index (κ2) is 30.6. The Morgan fingerprint density at radius 1 is 1.25 bits per heavy atom. The Bertz CT molecular complexity index is 8.00. The maximum atomic E-state index is 8.34. The summed E-state index contributed by atoms with van der Waals surface area (Å²) in [6.07, 6.45) is 0. The van der Waals surface area contributed by atoms with Crippen LogP contribution in [-0.4, -0.2) is 0 Å². The van der Waals surface area contributed by atoms with Gasteiger partial charge in [0.25, 0.3) is 0 Å². The van der Waals surface area contributed by atoms with E-state index in [1.54, 1.807) is 0 Å². The normalized spacial score (nSPS) is 2.25. The van der Waals surface area contributed by atoms with Gasteiger partial charge in [0.2, 0.25) is 0 Å². The van der Waals surface area contributed by atoms with Crippen LogP contribution in [0, 0.1) is 0 Å². The van der Waals surface area contributed by atoms with Gasteiger partial charge in [0, 0.05) is 0 Å². The van der Waals surface area contributed by atoms with Crippen LogP contribution in [0.15, 0.2) is 0 Å². The monoisotopic (exact) mass is 317 g/mol. The van der Waals surface area contributed by atoms with E-state index in [1.807, 2.05) is 0 Å². The first-order valence-electron chi connectivity index (χ1n) is 0.333. The molecule has 0 N–H and O–H groups in total. The van der Waals surface area contributed by atoms with Gasteiger partial charge in [-0.3, -0.25) is 0 Å². The molecule has 2 nitrogen and oxygen atoms in total. The summed E-state index contributed by atoms with van der Waals surface area (Å²) in [6.45, 7) is 0. The summed E-state index contributed by atoms with van der Waals surface area (Å²) in [6, 6.07) is 0. The van der Waals surface area contributed by atoms with Crippen LogP contribution in [0.25, 0.3) is 0 Å². The fourth-order valence-corrected chi connectivity index (χ4v) is 0. The summed E-state index contributed by atoms with van der Waals surface area (Å²) >= 11 is 1.19. The predicted molar refractivity (Wildman–Crippen MR) is 1.37 cm³/mol. The third kappa shape index (κ3) is 10.9. The zero-order chi connectivity index (χ0) is 4.00. The summed E-state index contributed by atoms with van der Waals surface area (Å²) in [5.74, 6) is 0. The number of hydrogen-bond acceptors (Lipinski definition) is 2. The fraction of sp³-hybridized carbons (Fsp3) is 0. The third-order valence-electron chi connectivity index (χ3n) is 0. The molecule has 0 saturated carbocycles. The average molecular weight is 318 g/mol. The molecule has 0 spiro atoms. The van der Waals surface area contributed by atoms with Crippen LogP contribution >= 0.6 is 0 Å². The van der Waals surface area contributed by atoms with Gasteiger partial charge in [-0.1, -0.05) is 0 Å². The van der Waals surface area contributed by atoms with Crippen LogP contribution < -0.4 is 0 Å². The molecule has 0 bridgehead atoms. The fourth-order valence-electron chi connectivity index (χ4n) is 0. The van der Waals surface area contributed by atoms with Crippen molar-refractivity contribution in [2.75, 3.05) is 0 Å². The minimum absolute atomic E-state index is 0.300. The summed E-state index contributed by atoms with van der Waals surface area (Å²) in [5, 5.41) is 0. The maximum absolute atomic E-state index is 8.34. The molecule has 0 aromatic carbocycles. The van der Waals surface area contributed by atoms with Gasteiger partial charge in [0.1, 0.15) is 0 Å². The van der Waals surface area contributed by atoms with E-state index in [2.05, 4.69) is 0 Å². The second-order valence-electron chi connectivity index (χ2n) is 0. The Hall–Kier alpha value is 1.17. The summed E-state index contributed by atoms with van der Waals surface area (Å²) < 4.78 is 16.6. The molecule has 4 heteroatoms. The third-order valence-corrected chi connectivity index (χ3v) is 0. The SMILES string of the molecule is [O]=[Pt].[O]=[Zr]. The van der Waals surface area contributed by atoms with Gasteiger partial charge in [-0.25, -0.2) is 0 Å². The Balaban J connectivity index is 0. The summed E-state index contributed by atoms with van der Waals surface area (Å²) in [4.78, 5) is 0. The van der Waals surface area contributed by atoms with Gasteiger partial charge in [-0.2, -0.15) is 0 Å². The molecule has 0 heterocycles. The molecule has 0 fully saturated rings. The van der Waals surface area contributed by atoms with Crippen LogP contribution in [-0.2, 0) is 50.7 Å². The number of rotatable bonds is 0. The Labute approximate surface area is 50.5 Å². The van der Waals surface area contributed by atoms with Gasteiger partial charge in [-0.15, -0.1) is 0 Å². The molecule has 0 aromatic rings. The Morgan fingerprint density at radius 2 is 1.25 bits per heavy atom. The molecule has 0 unspecified atom stereocenters. The van der Waals surface area contributed by atoms with E-state index < -0.39 is 0 Å². The van der Waals surface area contributed by atoms with Crippen molar-refractivity contribution in [1.82, 2.24) is 0 Å². The van der Waals surface area contributed by atoms with E-state index in [-0.39, 0.29) is 0 Å². The molecule has 0 aliphatic carbocycles. The zero-order valence-electron chi connectivity index (χ0n) is 1.63. The molecule has 0 radical (unpaired) electrons. The minimum atomic E-state index is 0.300. The quantitative estimate of drug-likeness (QED) is 0.618. The molecular formula is O2PtZr. The van der Waals surface area contributed by atoms with Crippen LogP contribution in [0.4, 0.5) is 0 Å². The van der Waals surface area contributed by atoms with Gasteiger partial charge in [0.15, 0.2) is 0 Å². The molecule has 0 aliphatic heterocycles. The van der Waals surface area contributed by atoms with Crippen molar-refractivity contribution in [1.29, 1.82) is 0 Å². The van der Waals surface area contributed by atoms with E-state index in [9.17, 15) is 0 Å². The predicted octanol–water partition coefficient (Wildman–Crippen LogP) is -0.243. The molecule has 26 valence electrons. The number of hydrogen-bond donors (Lipinski definition) is 0. The zero-order valence-corrected chi connectivity index (χ0v) is 6.36. The second-order valence-corrected chi connectivity index (χ2v) is 0. The van der Waals surface area contributed by atoms with Crippen LogP contribution in [0.3, 0.4) is 0 Å².